The molecule has 3 aromatic heterocycles. The van der Waals surface area contributed by atoms with E-state index in [1.54, 1.807) is 18.2 Å². The average Bonchev–Trinajstić information content (AvgIpc) is 3.63. The molecule has 11 nitrogen and oxygen atoms in total. The van der Waals surface area contributed by atoms with Gasteiger partial charge in [0.15, 0.2) is 21.2 Å². The summed E-state index contributed by atoms with van der Waals surface area (Å²) >= 11 is 11.1. The van der Waals surface area contributed by atoms with Crippen molar-refractivity contribution in [2.45, 2.75) is 52.6 Å². The highest BCUT2D eigenvalue weighted by atomic mass is 32.1. The van der Waals surface area contributed by atoms with Crippen LogP contribution in [0.1, 0.15) is 85.2 Å². The molecule has 0 aliphatic carbocycles. The second-order valence-electron chi connectivity index (χ2n) is 11.8. The van der Waals surface area contributed by atoms with Crippen LogP contribution in [0.4, 0.5) is 0 Å². The highest BCUT2D eigenvalue weighted by molar-refractivity contribution is 7.71. The van der Waals surface area contributed by atoms with Crippen molar-refractivity contribution >= 4 is 36.3 Å². The molecule has 0 aliphatic heterocycles. The molecule has 0 spiro atoms. The van der Waals surface area contributed by atoms with Gasteiger partial charge in [-0.15, -0.1) is 0 Å². The van der Waals surface area contributed by atoms with Crippen LogP contribution in [0.15, 0.2) is 78.9 Å². The van der Waals surface area contributed by atoms with Crippen molar-refractivity contribution in [1.82, 2.24) is 45.1 Å². The van der Waals surface area contributed by atoms with E-state index in [2.05, 4.69) is 63.7 Å². The summed E-state index contributed by atoms with van der Waals surface area (Å²) in [4.78, 5) is 31.7. The van der Waals surface area contributed by atoms with Crippen LogP contribution in [0.5, 0.6) is 0 Å². The molecule has 0 fully saturated rings. The van der Waals surface area contributed by atoms with Crippen LogP contribution in [0.3, 0.4) is 0 Å². The summed E-state index contributed by atoms with van der Waals surface area (Å²) in [5.74, 6) is 0.763. The number of nitrogens with one attached hydrogen (secondary N) is 4. The minimum atomic E-state index is -0.476. The molecule has 2 aromatic carbocycles. The predicted molar refractivity (Wildman–Crippen MR) is 181 cm³/mol. The smallest absolute Gasteiger partial charge is 0.270 e. The number of hydrogen-bond acceptors (Lipinski definition) is 7. The molecule has 5 rings (SSSR count). The van der Waals surface area contributed by atoms with Crippen LogP contribution in [-0.4, -0.2) is 46.3 Å². The zero-order valence-corrected chi connectivity index (χ0v) is 27.7. The Bertz CT molecular complexity index is 1780. The highest BCUT2D eigenvalue weighted by Crippen LogP contribution is 2.25. The highest BCUT2D eigenvalue weighted by Gasteiger charge is 2.26. The van der Waals surface area contributed by atoms with Gasteiger partial charge in [0.05, 0.1) is 12.1 Å². The predicted octanol–water partition coefficient (Wildman–Crippen LogP) is 6.60. The van der Waals surface area contributed by atoms with Crippen LogP contribution in [0.25, 0.3) is 11.4 Å². The van der Waals surface area contributed by atoms with Gasteiger partial charge in [-0.05, 0) is 85.5 Å². The molecule has 0 unspecified atom stereocenters. The summed E-state index contributed by atoms with van der Waals surface area (Å²) in [6, 6.07) is 23.1. The number of pyridine rings is 1. The number of carbonyl (C=O) groups excluding carboxylic acids is 2. The molecule has 0 saturated heterocycles. The first-order chi connectivity index (χ1) is 22.1. The Morgan fingerprint density at radius 2 is 1.04 bits per heavy atom. The Morgan fingerprint density at radius 1 is 0.652 bits per heavy atom. The zero-order chi connectivity index (χ0) is 32.8. The van der Waals surface area contributed by atoms with Crippen molar-refractivity contribution in [3.8, 4) is 11.4 Å². The van der Waals surface area contributed by atoms with Crippen molar-refractivity contribution in [2.24, 2.45) is 11.8 Å². The van der Waals surface area contributed by atoms with Crippen molar-refractivity contribution in [3.63, 3.8) is 0 Å². The minimum Gasteiger partial charge on any atom is -0.341 e. The monoisotopic (exact) mass is 655 g/mol. The third-order valence-electron chi connectivity index (χ3n) is 7.29. The summed E-state index contributed by atoms with van der Waals surface area (Å²) in [6.07, 6.45) is 1.20. The summed E-state index contributed by atoms with van der Waals surface area (Å²) in [5, 5.41) is 20.9. The van der Waals surface area contributed by atoms with E-state index in [1.807, 2.05) is 69.8 Å². The van der Waals surface area contributed by atoms with E-state index in [-0.39, 0.29) is 23.2 Å². The largest absolute Gasteiger partial charge is 0.341 e. The second kappa shape index (κ2) is 14.6. The Labute approximate surface area is 277 Å². The Balaban J connectivity index is 1.40. The lowest BCUT2D eigenvalue weighted by molar-refractivity contribution is 0.0920. The van der Waals surface area contributed by atoms with E-state index in [4.69, 9.17) is 24.4 Å². The molecule has 3 heterocycles. The van der Waals surface area contributed by atoms with E-state index in [1.165, 1.54) is 0 Å². The van der Waals surface area contributed by atoms with Crippen LogP contribution in [0.2, 0.25) is 0 Å². The number of carbonyl (C=O) groups is 2. The van der Waals surface area contributed by atoms with Gasteiger partial charge in [-0.25, -0.2) is 4.98 Å². The number of amides is 2. The number of rotatable bonds is 12. The maximum absolute atomic E-state index is 13.6. The Morgan fingerprint density at radius 3 is 1.41 bits per heavy atom. The lowest BCUT2D eigenvalue weighted by Crippen LogP contribution is -2.34. The van der Waals surface area contributed by atoms with Crippen LogP contribution < -0.4 is 10.6 Å². The fourth-order valence-corrected chi connectivity index (χ4v) is 5.78. The van der Waals surface area contributed by atoms with E-state index in [0.29, 0.717) is 34.0 Å². The SMILES string of the molecule is CC(C)C[C@H](NC(=O)c1cccc(C(=O)N[C@@H](CC(C)C)c2n[nH]c(=S)n2-c2ccccc2)n1)c1n[nH]c(=S)n1-c1ccccc1. The Kier molecular flexibility index (Phi) is 10.3. The molecule has 46 heavy (non-hydrogen) atoms. The van der Waals surface area contributed by atoms with Crippen LogP contribution in [0, 0.1) is 21.4 Å². The molecule has 238 valence electrons. The third kappa shape index (κ3) is 7.54. The fourth-order valence-electron chi connectivity index (χ4n) is 5.29. The van der Waals surface area contributed by atoms with Crippen molar-refractivity contribution in [1.29, 1.82) is 0 Å². The second-order valence-corrected chi connectivity index (χ2v) is 12.6. The fraction of sp³-hybridized carbons (Fsp3) is 0.303. The molecule has 0 bridgehead atoms. The summed E-state index contributed by atoms with van der Waals surface area (Å²) < 4.78 is 4.48. The lowest BCUT2D eigenvalue weighted by atomic mass is 10.0. The van der Waals surface area contributed by atoms with Crippen molar-refractivity contribution in [3.05, 3.63) is 111 Å². The number of benzene rings is 2. The number of aromatic amines is 2. The van der Waals surface area contributed by atoms with E-state index < -0.39 is 23.9 Å². The van der Waals surface area contributed by atoms with Gasteiger partial charge in [-0.3, -0.25) is 28.9 Å². The number of para-hydroxylation sites is 2. The first-order valence-corrected chi connectivity index (χ1v) is 16.0. The summed E-state index contributed by atoms with van der Waals surface area (Å²) in [6.45, 7) is 8.28. The maximum atomic E-state index is 13.6. The third-order valence-corrected chi connectivity index (χ3v) is 7.84. The standard InChI is InChI=1S/C33H37N9O2S2/c1-20(2)18-26(28-37-39-32(45)41(28)22-12-7-5-8-13-22)35-30(43)24-16-11-17-25(34-24)31(44)36-27(19-21(3)4)29-38-40-33(46)42(29)23-14-9-6-10-15-23/h5-17,20-21,26-27H,18-19H2,1-4H3,(H,35,43)(H,36,44)(H,39,45)(H,40,46)/t26-,27-/m0/s1. The topological polar surface area (TPSA) is 138 Å². The van der Waals surface area contributed by atoms with Crippen molar-refractivity contribution in [2.75, 3.05) is 0 Å². The van der Waals surface area contributed by atoms with Crippen LogP contribution >= 0.6 is 24.4 Å². The zero-order valence-electron chi connectivity index (χ0n) is 26.1. The van der Waals surface area contributed by atoms with Gasteiger partial charge in [0.1, 0.15) is 11.4 Å². The molecular weight excluding hydrogens is 619 g/mol. The molecule has 0 aliphatic rings. The molecule has 5 aromatic rings. The molecular formula is C33H37N9O2S2. The first kappa shape index (κ1) is 32.6. The van der Waals surface area contributed by atoms with Crippen LogP contribution in [-0.2, 0) is 0 Å². The number of hydrogen-bond donors (Lipinski definition) is 4. The molecule has 2 amide bonds. The van der Waals surface area contributed by atoms with Gasteiger partial charge < -0.3 is 10.6 Å². The van der Waals surface area contributed by atoms with Gasteiger partial charge in [0.25, 0.3) is 11.8 Å². The quantitative estimate of drug-likeness (QED) is 0.111. The lowest BCUT2D eigenvalue weighted by Gasteiger charge is -2.21. The molecule has 2 atom stereocenters. The molecule has 13 heteroatoms. The molecule has 4 N–H and O–H groups in total. The summed E-state index contributed by atoms with van der Waals surface area (Å²) in [7, 11) is 0. The van der Waals surface area contributed by atoms with Gasteiger partial charge in [0, 0.05) is 11.4 Å². The van der Waals surface area contributed by atoms with E-state index in [9.17, 15) is 9.59 Å². The normalized spacial score (nSPS) is 12.7. The number of nitrogens with zero attached hydrogens (tertiary/aromatic N) is 5. The number of aromatic nitrogens is 7. The van der Waals surface area contributed by atoms with Crippen molar-refractivity contribution < 1.29 is 9.59 Å². The van der Waals surface area contributed by atoms with Gasteiger partial charge in [0.2, 0.25) is 0 Å². The molecule has 0 saturated carbocycles. The first-order valence-electron chi connectivity index (χ1n) is 15.2. The average molecular weight is 656 g/mol. The maximum Gasteiger partial charge on any atom is 0.270 e. The Hall–Kier alpha value is -4.75. The number of H-pyrrole nitrogens is 2. The van der Waals surface area contributed by atoms with Gasteiger partial charge in [-0.2, -0.15) is 10.2 Å². The van der Waals surface area contributed by atoms with Gasteiger partial charge in [-0.1, -0.05) is 70.2 Å². The van der Waals surface area contributed by atoms with E-state index >= 15 is 0 Å². The summed E-state index contributed by atoms with van der Waals surface area (Å²) in [5.41, 5.74) is 1.88. The minimum absolute atomic E-state index is 0.106. The molecule has 0 radical (unpaired) electrons. The van der Waals surface area contributed by atoms with E-state index in [0.717, 1.165) is 11.4 Å². The van der Waals surface area contributed by atoms with Gasteiger partial charge >= 0.3 is 0 Å².